The van der Waals surface area contributed by atoms with E-state index >= 15 is 0 Å². The summed E-state index contributed by atoms with van der Waals surface area (Å²) in [6, 6.07) is 4.14. The molecule has 0 fully saturated rings. The number of amides is 1. The SMILES string of the molecule is CC[N+](CC)(CC)CC(=O)Nc1ccc([N+](=O)[O-])cc1OC. The van der Waals surface area contributed by atoms with Crippen molar-refractivity contribution in [1.82, 2.24) is 0 Å². The molecule has 7 nitrogen and oxygen atoms in total. The van der Waals surface area contributed by atoms with E-state index in [-0.39, 0.29) is 17.3 Å². The molecule has 0 saturated carbocycles. The third-order valence-corrected chi connectivity index (χ3v) is 4.16. The van der Waals surface area contributed by atoms with Crippen LogP contribution in [0.25, 0.3) is 0 Å². The van der Waals surface area contributed by atoms with Gasteiger partial charge in [0.2, 0.25) is 0 Å². The number of hydrogen-bond donors (Lipinski definition) is 1. The molecule has 0 bridgehead atoms. The fraction of sp³-hybridized carbons (Fsp3) is 0.533. The van der Waals surface area contributed by atoms with Crippen molar-refractivity contribution in [3.05, 3.63) is 28.3 Å². The van der Waals surface area contributed by atoms with Crippen LogP contribution < -0.4 is 10.1 Å². The van der Waals surface area contributed by atoms with Gasteiger partial charge in [-0.1, -0.05) is 0 Å². The lowest BCUT2D eigenvalue weighted by Gasteiger charge is -2.34. The van der Waals surface area contributed by atoms with E-state index < -0.39 is 4.92 Å². The topological polar surface area (TPSA) is 81.5 Å². The van der Waals surface area contributed by atoms with Crippen LogP contribution in [0.1, 0.15) is 20.8 Å². The van der Waals surface area contributed by atoms with Crippen molar-refractivity contribution < 1.29 is 18.9 Å². The first-order chi connectivity index (χ1) is 10.4. The fourth-order valence-corrected chi connectivity index (χ4v) is 2.40. The summed E-state index contributed by atoms with van der Waals surface area (Å²) in [6.45, 7) is 9.17. The first-order valence-electron chi connectivity index (χ1n) is 7.38. The van der Waals surface area contributed by atoms with Gasteiger partial charge in [0.05, 0.1) is 43.4 Å². The van der Waals surface area contributed by atoms with E-state index in [4.69, 9.17) is 4.74 Å². The number of nitro groups is 1. The average molecular weight is 310 g/mol. The molecule has 1 amide bonds. The summed E-state index contributed by atoms with van der Waals surface area (Å²) < 4.78 is 5.82. The lowest BCUT2D eigenvalue weighted by molar-refractivity contribution is -0.915. The standard InChI is InChI=1S/C15H23N3O4/c1-5-18(6-2,7-3)11-15(19)16-13-9-8-12(17(20)21)10-14(13)22-4/h8-10H,5-7,11H2,1-4H3/p+1. The minimum atomic E-state index is -0.499. The van der Waals surface area contributed by atoms with Gasteiger partial charge in [-0.25, -0.2) is 0 Å². The lowest BCUT2D eigenvalue weighted by Crippen LogP contribution is -2.51. The van der Waals surface area contributed by atoms with Gasteiger partial charge in [0.1, 0.15) is 5.75 Å². The largest absolute Gasteiger partial charge is 0.494 e. The number of quaternary nitrogens is 1. The Balaban J connectivity index is 2.90. The molecule has 1 rings (SSSR count). The maximum Gasteiger partial charge on any atom is 0.279 e. The molecular weight excluding hydrogens is 286 g/mol. The highest BCUT2D eigenvalue weighted by Gasteiger charge is 2.25. The van der Waals surface area contributed by atoms with Gasteiger partial charge in [-0.05, 0) is 26.8 Å². The second-order valence-electron chi connectivity index (χ2n) is 5.14. The van der Waals surface area contributed by atoms with Crippen LogP contribution >= 0.6 is 0 Å². The number of non-ortho nitro benzene ring substituents is 1. The predicted molar refractivity (Wildman–Crippen MR) is 85.0 cm³/mol. The molecule has 0 aliphatic rings. The zero-order valence-electron chi connectivity index (χ0n) is 13.6. The summed E-state index contributed by atoms with van der Waals surface area (Å²) >= 11 is 0. The lowest BCUT2D eigenvalue weighted by atomic mass is 10.2. The van der Waals surface area contributed by atoms with Gasteiger partial charge >= 0.3 is 0 Å². The molecule has 22 heavy (non-hydrogen) atoms. The number of methoxy groups -OCH3 is 1. The first kappa shape index (κ1) is 17.9. The van der Waals surface area contributed by atoms with Crippen molar-refractivity contribution in [1.29, 1.82) is 0 Å². The third-order valence-electron chi connectivity index (χ3n) is 4.16. The molecule has 0 heterocycles. The number of nitrogens with zero attached hydrogens (tertiary/aromatic N) is 2. The normalized spacial score (nSPS) is 11.1. The molecule has 0 spiro atoms. The summed E-state index contributed by atoms with van der Waals surface area (Å²) in [7, 11) is 1.42. The molecule has 7 heteroatoms. The quantitative estimate of drug-likeness (QED) is 0.454. The number of hydrogen-bond acceptors (Lipinski definition) is 4. The minimum absolute atomic E-state index is 0.0735. The summed E-state index contributed by atoms with van der Waals surface area (Å²) in [5, 5.41) is 13.6. The van der Waals surface area contributed by atoms with Gasteiger partial charge in [0, 0.05) is 6.07 Å². The maximum absolute atomic E-state index is 12.3. The number of nitro benzene ring substituents is 1. The summed E-state index contributed by atoms with van der Waals surface area (Å²) in [6.07, 6.45) is 0. The van der Waals surface area contributed by atoms with E-state index in [9.17, 15) is 14.9 Å². The van der Waals surface area contributed by atoms with Crippen LogP contribution in [-0.4, -0.2) is 48.6 Å². The molecule has 1 aromatic rings. The zero-order chi connectivity index (χ0) is 16.8. The van der Waals surface area contributed by atoms with Crippen molar-refractivity contribution >= 4 is 17.3 Å². The predicted octanol–water partition coefficient (Wildman–Crippen LogP) is 2.42. The monoisotopic (exact) mass is 310 g/mol. The number of likely N-dealkylation sites (N-methyl/N-ethyl adjacent to an activating group) is 1. The Labute approximate surface area is 130 Å². The Bertz CT molecular complexity index is 533. The number of benzene rings is 1. The van der Waals surface area contributed by atoms with E-state index in [2.05, 4.69) is 26.1 Å². The van der Waals surface area contributed by atoms with E-state index in [1.54, 1.807) is 0 Å². The second-order valence-corrected chi connectivity index (χ2v) is 5.14. The van der Waals surface area contributed by atoms with Gasteiger partial charge < -0.3 is 14.5 Å². The molecule has 1 aromatic carbocycles. The Morgan fingerprint density at radius 2 is 1.86 bits per heavy atom. The maximum atomic E-state index is 12.3. The summed E-state index contributed by atoms with van der Waals surface area (Å²) in [4.78, 5) is 22.5. The number of carbonyl (C=O) groups excluding carboxylic acids is 1. The minimum Gasteiger partial charge on any atom is -0.494 e. The molecule has 0 aromatic heterocycles. The van der Waals surface area contributed by atoms with E-state index in [0.29, 0.717) is 16.7 Å². The summed E-state index contributed by atoms with van der Waals surface area (Å²) in [5.41, 5.74) is 0.371. The number of nitrogens with one attached hydrogen (secondary N) is 1. The van der Waals surface area contributed by atoms with Gasteiger partial charge in [0.25, 0.3) is 11.6 Å². The number of anilines is 1. The van der Waals surface area contributed by atoms with Crippen LogP contribution in [0.3, 0.4) is 0 Å². The molecule has 0 unspecified atom stereocenters. The van der Waals surface area contributed by atoms with Gasteiger partial charge in [-0.15, -0.1) is 0 Å². The van der Waals surface area contributed by atoms with E-state index in [0.717, 1.165) is 19.6 Å². The molecular formula is C15H24N3O4+. The van der Waals surface area contributed by atoms with Crippen molar-refractivity contribution in [2.24, 2.45) is 0 Å². The summed E-state index contributed by atoms with van der Waals surface area (Å²) in [5.74, 6) is 0.155. The highest BCUT2D eigenvalue weighted by molar-refractivity contribution is 5.93. The Morgan fingerprint density at radius 3 is 2.32 bits per heavy atom. The van der Waals surface area contributed by atoms with Crippen molar-refractivity contribution in [2.75, 3.05) is 38.6 Å². The molecule has 0 aliphatic heterocycles. The number of carbonyl (C=O) groups is 1. The number of ether oxygens (including phenoxy) is 1. The highest BCUT2D eigenvalue weighted by Crippen LogP contribution is 2.29. The average Bonchev–Trinajstić information content (AvgIpc) is 2.52. The second kappa shape index (κ2) is 7.74. The van der Waals surface area contributed by atoms with Crippen LogP contribution in [0, 0.1) is 10.1 Å². The molecule has 0 aliphatic carbocycles. The molecule has 122 valence electrons. The smallest absolute Gasteiger partial charge is 0.279 e. The van der Waals surface area contributed by atoms with Crippen LogP contribution in [0.5, 0.6) is 5.75 Å². The molecule has 0 saturated heterocycles. The fourth-order valence-electron chi connectivity index (χ4n) is 2.40. The zero-order valence-corrected chi connectivity index (χ0v) is 13.6. The third kappa shape index (κ3) is 4.17. The highest BCUT2D eigenvalue weighted by atomic mass is 16.6. The molecule has 0 atom stereocenters. The van der Waals surface area contributed by atoms with Crippen molar-refractivity contribution in [3.63, 3.8) is 0 Å². The molecule has 0 radical (unpaired) electrons. The van der Waals surface area contributed by atoms with E-state index in [1.165, 1.54) is 25.3 Å². The van der Waals surface area contributed by atoms with Crippen molar-refractivity contribution in [2.45, 2.75) is 20.8 Å². The first-order valence-corrected chi connectivity index (χ1v) is 7.38. The van der Waals surface area contributed by atoms with Gasteiger partial charge in [0.15, 0.2) is 6.54 Å². The Kier molecular flexibility index (Phi) is 6.30. The molecule has 1 N–H and O–H groups in total. The van der Waals surface area contributed by atoms with Crippen LogP contribution in [0.15, 0.2) is 18.2 Å². The van der Waals surface area contributed by atoms with Gasteiger partial charge in [-0.3, -0.25) is 14.9 Å². The van der Waals surface area contributed by atoms with Crippen LogP contribution in [-0.2, 0) is 4.79 Å². The van der Waals surface area contributed by atoms with Crippen LogP contribution in [0.2, 0.25) is 0 Å². The van der Waals surface area contributed by atoms with Crippen molar-refractivity contribution in [3.8, 4) is 5.75 Å². The Morgan fingerprint density at radius 1 is 1.27 bits per heavy atom. The van der Waals surface area contributed by atoms with E-state index in [1.807, 2.05) is 0 Å². The van der Waals surface area contributed by atoms with Crippen LogP contribution in [0.4, 0.5) is 11.4 Å². The van der Waals surface area contributed by atoms with Gasteiger partial charge in [-0.2, -0.15) is 0 Å². The number of rotatable bonds is 8. The Hall–Kier alpha value is -2.15.